The Morgan fingerprint density at radius 1 is 1.33 bits per heavy atom. The van der Waals surface area contributed by atoms with Crippen molar-refractivity contribution in [1.82, 2.24) is 14.7 Å². The topological polar surface area (TPSA) is 79.6 Å². The van der Waals surface area contributed by atoms with Gasteiger partial charge in [-0.15, -0.1) is 0 Å². The third-order valence-corrected chi connectivity index (χ3v) is 4.15. The predicted molar refractivity (Wildman–Crippen MR) is 90.6 cm³/mol. The lowest BCUT2D eigenvalue weighted by Gasteiger charge is -2.26. The molecule has 0 aliphatic carbocycles. The van der Waals surface area contributed by atoms with Crippen molar-refractivity contribution < 1.29 is 14.6 Å². The summed E-state index contributed by atoms with van der Waals surface area (Å²) in [5.74, 6) is -0.353. The van der Waals surface area contributed by atoms with Crippen molar-refractivity contribution in [2.75, 3.05) is 38.2 Å². The van der Waals surface area contributed by atoms with Crippen LogP contribution in [0.2, 0.25) is 5.02 Å². The summed E-state index contributed by atoms with van der Waals surface area (Å²) in [5.41, 5.74) is 0.991. The van der Waals surface area contributed by atoms with Crippen LogP contribution >= 0.6 is 11.6 Å². The van der Waals surface area contributed by atoms with Gasteiger partial charge in [0.25, 0.3) is 5.91 Å². The van der Waals surface area contributed by atoms with Gasteiger partial charge in [0.05, 0.1) is 36.7 Å². The second-order valence-electron chi connectivity index (χ2n) is 5.57. The molecule has 1 fully saturated rings. The van der Waals surface area contributed by atoms with Crippen LogP contribution in [0.4, 0.5) is 5.69 Å². The zero-order valence-electron chi connectivity index (χ0n) is 13.1. The normalized spacial score (nSPS) is 15.4. The third-order valence-electron chi connectivity index (χ3n) is 3.85. The van der Waals surface area contributed by atoms with Gasteiger partial charge >= 0.3 is 0 Å². The lowest BCUT2D eigenvalue weighted by atomic mass is 10.2. The maximum absolute atomic E-state index is 12.2. The minimum absolute atomic E-state index is 0.0517. The first-order valence-corrected chi connectivity index (χ1v) is 8.12. The Hall–Kier alpha value is -2.09. The van der Waals surface area contributed by atoms with E-state index in [0.29, 0.717) is 11.3 Å². The molecule has 1 amide bonds. The van der Waals surface area contributed by atoms with E-state index in [0.717, 1.165) is 39.4 Å². The van der Waals surface area contributed by atoms with E-state index in [1.54, 1.807) is 17.1 Å². The number of nitrogens with one attached hydrogen (secondary N) is 1. The highest BCUT2D eigenvalue weighted by Gasteiger charge is 2.12. The molecule has 1 aromatic carbocycles. The van der Waals surface area contributed by atoms with E-state index in [-0.39, 0.29) is 16.7 Å². The molecular weight excluding hydrogens is 332 g/mol. The second kappa shape index (κ2) is 7.65. The Kier molecular flexibility index (Phi) is 5.34. The van der Waals surface area contributed by atoms with Crippen LogP contribution in [0.3, 0.4) is 0 Å². The summed E-state index contributed by atoms with van der Waals surface area (Å²) in [6.45, 7) is 5.07. The number of carbonyl (C=O) groups excluding carboxylic acids is 1. The summed E-state index contributed by atoms with van der Waals surface area (Å²) in [6, 6.07) is 4.33. The van der Waals surface area contributed by atoms with Crippen LogP contribution in [0.15, 0.2) is 30.6 Å². The fraction of sp³-hybridized carbons (Fsp3) is 0.375. The number of rotatable bonds is 5. The van der Waals surface area contributed by atoms with Crippen LogP contribution in [0.1, 0.15) is 10.4 Å². The smallest absolute Gasteiger partial charge is 0.255 e. The van der Waals surface area contributed by atoms with E-state index >= 15 is 0 Å². The van der Waals surface area contributed by atoms with Gasteiger partial charge in [-0.1, -0.05) is 11.6 Å². The molecule has 1 saturated heterocycles. The SMILES string of the molecule is O=C(Nc1cnn(CCN2CCOCC2)c1)c1ccc(O)c(Cl)c1. The molecule has 0 spiro atoms. The number of nitrogens with zero attached hydrogens (tertiary/aromatic N) is 3. The molecule has 1 aromatic heterocycles. The van der Waals surface area contributed by atoms with E-state index < -0.39 is 0 Å². The molecule has 0 atom stereocenters. The number of aromatic hydroxyl groups is 1. The van der Waals surface area contributed by atoms with Crippen LogP contribution < -0.4 is 5.32 Å². The van der Waals surface area contributed by atoms with Gasteiger partial charge in [-0.25, -0.2) is 0 Å². The molecule has 0 radical (unpaired) electrons. The van der Waals surface area contributed by atoms with Gasteiger partial charge in [0.1, 0.15) is 5.75 Å². The third kappa shape index (κ3) is 4.25. The number of hydrogen-bond donors (Lipinski definition) is 2. The minimum Gasteiger partial charge on any atom is -0.506 e. The van der Waals surface area contributed by atoms with Gasteiger partial charge in [-0.2, -0.15) is 5.10 Å². The number of phenols is 1. The van der Waals surface area contributed by atoms with Crippen LogP contribution in [-0.2, 0) is 11.3 Å². The maximum atomic E-state index is 12.2. The second-order valence-corrected chi connectivity index (χ2v) is 5.97. The Labute approximate surface area is 144 Å². The first-order valence-electron chi connectivity index (χ1n) is 7.74. The van der Waals surface area contributed by atoms with Gasteiger partial charge in [-0.05, 0) is 18.2 Å². The highest BCUT2D eigenvalue weighted by molar-refractivity contribution is 6.32. The van der Waals surface area contributed by atoms with E-state index in [1.165, 1.54) is 18.2 Å². The van der Waals surface area contributed by atoms with Gasteiger partial charge < -0.3 is 15.2 Å². The number of ether oxygens (including phenoxy) is 1. The van der Waals surface area contributed by atoms with Crippen LogP contribution in [-0.4, -0.2) is 58.5 Å². The van der Waals surface area contributed by atoms with E-state index in [9.17, 15) is 9.90 Å². The van der Waals surface area contributed by atoms with E-state index in [1.807, 2.05) is 0 Å². The average Bonchev–Trinajstić information content (AvgIpc) is 3.04. The Morgan fingerprint density at radius 3 is 2.88 bits per heavy atom. The standard InChI is InChI=1S/C16H19ClN4O3/c17-14-9-12(1-2-15(14)22)16(23)19-13-10-18-21(11-13)4-3-20-5-7-24-8-6-20/h1-2,9-11,22H,3-8H2,(H,19,23). The number of hydrogen-bond acceptors (Lipinski definition) is 5. The largest absolute Gasteiger partial charge is 0.506 e. The summed E-state index contributed by atoms with van der Waals surface area (Å²) >= 11 is 5.82. The zero-order chi connectivity index (χ0) is 16.9. The number of amides is 1. The van der Waals surface area contributed by atoms with Crippen LogP contribution in [0, 0.1) is 0 Å². The van der Waals surface area contributed by atoms with Gasteiger partial charge in [0, 0.05) is 31.4 Å². The van der Waals surface area contributed by atoms with Crippen LogP contribution in [0.5, 0.6) is 5.75 Å². The molecule has 7 nitrogen and oxygen atoms in total. The molecule has 0 unspecified atom stereocenters. The van der Waals surface area contributed by atoms with Crippen molar-refractivity contribution in [1.29, 1.82) is 0 Å². The highest BCUT2D eigenvalue weighted by atomic mass is 35.5. The number of halogens is 1. The lowest BCUT2D eigenvalue weighted by molar-refractivity contribution is 0.0360. The molecule has 2 aromatic rings. The van der Waals surface area contributed by atoms with Gasteiger partial charge in [-0.3, -0.25) is 14.4 Å². The molecule has 2 N–H and O–H groups in total. The number of phenolic OH excluding ortho intramolecular Hbond substituents is 1. The average molecular weight is 351 g/mol. The predicted octanol–water partition coefficient (Wildman–Crippen LogP) is 1.83. The van der Waals surface area contributed by atoms with Gasteiger partial charge in [0.2, 0.25) is 0 Å². The lowest BCUT2D eigenvalue weighted by Crippen LogP contribution is -2.38. The Morgan fingerprint density at radius 2 is 2.12 bits per heavy atom. The number of morpholine rings is 1. The van der Waals surface area contributed by atoms with Gasteiger partial charge in [0.15, 0.2) is 0 Å². The molecule has 2 heterocycles. The summed E-state index contributed by atoms with van der Waals surface area (Å²) in [5, 5.41) is 16.6. The van der Waals surface area contributed by atoms with E-state index in [4.69, 9.17) is 16.3 Å². The van der Waals surface area contributed by atoms with Crippen LogP contribution in [0.25, 0.3) is 0 Å². The van der Waals surface area contributed by atoms with E-state index in [2.05, 4.69) is 15.3 Å². The molecule has 3 rings (SSSR count). The number of anilines is 1. The maximum Gasteiger partial charge on any atom is 0.255 e. The Balaban J connectivity index is 1.55. The molecule has 1 aliphatic rings. The molecule has 0 bridgehead atoms. The van der Waals surface area contributed by atoms with Crippen molar-refractivity contribution >= 4 is 23.2 Å². The number of benzene rings is 1. The molecule has 1 aliphatic heterocycles. The summed E-state index contributed by atoms with van der Waals surface area (Å²) in [7, 11) is 0. The molecule has 0 saturated carbocycles. The molecule has 8 heteroatoms. The zero-order valence-corrected chi connectivity index (χ0v) is 13.9. The van der Waals surface area contributed by atoms with Crippen molar-refractivity contribution in [3.8, 4) is 5.75 Å². The fourth-order valence-corrected chi connectivity index (χ4v) is 2.65. The molecular formula is C16H19ClN4O3. The summed E-state index contributed by atoms with van der Waals surface area (Å²) in [6.07, 6.45) is 3.40. The highest BCUT2D eigenvalue weighted by Crippen LogP contribution is 2.24. The number of aromatic nitrogens is 2. The summed E-state index contributed by atoms with van der Waals surface area (Å²) in [4.78, 5) is 14.5. The first-order chi connectivity index (χ1) is 11.6. The van der Waals surface area contributed by atoms with Crippen molar-refractivity contribution in [3.05, 3.63) is 41.2 Å². The monoisotopic (exact) mass is 350 g/mol. The minimum atomic E-state index is -0.301. The Bertz CT molecular complexity index is 713. The molecule has 24 heavy (non-hydrogen) atoms. The first kappa shape index (κ1) is 16.8. The quantitative estimate of drug-likeness (QED) is 0.860. The van der Waals surface area contributed by atoms with Crippen molar-refractivity contribution in [2.24, 2.45) is 0 Å². The van der Waals surface area contributed by atoms with Crippen molar-refractivity contribution in [2.45, 2.75) is 6.54 Å². The summed E-state index contributed by atoms with van der Waals surface area (Å²) < 4.78 is 7.12. The number of carbonyl (C=O) groups is 1. The molecule has 128 valence electrons. The fourth-order valence-electron chi connectivity index (χ4n) is 2.47. The van der Waals surface area contributed by atoms with Crippen molar-refractivity contribution in [3.63, 3.8) is 0 Å².